The molecule has 6 rings (SSSR count). The average Bonchev–Trinajstić information content (AvgIpc) is 3.51. The lowest BCUT2D eigenvalue weighted by Crippen LogP contribution is -2.32. The number of H-pyrrole nitrogens is 1. The van der Waals surface area contributed by atoms with E-state index in [4.69, 9.17) is 9.47 Å². The van der Waals surface area contributed by atoms with E-state index in [1.54, 1.807) is 25.1 Å². The average molecular weight is 672 g/mol. The van der Waals surface area contributed by atoms with Crippen molar-refractivity contribution in [3.63, 3.8) is 0 Å². The highest BCUT2D eigenvalue weighted by atomic mass is 32.2. The van der Waals surface area contributed by atoms with Gasteiger partial charge in [0.2, 0.25) is 11.8 Å². The second-order valence-corrected chi connectivity index (χ2v) is 12.5. The number of hydrogen-bond donors (Lipinski definition) is 3. The molecule has 3 amide bonds. The number of aromatic hydroxyl groups is 1. The van der Waals surface area contributed by atoms with E-state index in [1.165, 1.54) is 30.3 Å². The van der Waals surface area contributed by atoms with Gasteiger partial charge in [-0.05, 0) is 67.1 Å². The van der Waals surface area contributed by atoms with Gasteiger partial charge < -0.3 is 24.9 Å². The number of phenols is 1. The molecule has 2 aliphatic heterocycles. The number of halogens is 3. The maximum atomic E-state index is 13.9. The fourth-order valence-corrected chi connectivity index (χ4v) is 7.96. The first-order valence-electron chi connectivity index (χ1n) is 13.9. The van der Waals surface area contributed by atoms with Gasteiger partial charge in [-0.15, -0.1) is 0 Å². The van der Waals surface area contributed by atoms with Gasteiger partial charge in [-0.1, -0.05) is 35.2 Å². The van der Waals surface area contributed by atoms with Gasteiger partial charge in [0, 0.05) is 16.5 Å². The molecule has 2 aliphatic rings. The Morgan fingerprint density at radius 2 is 1.76 bits per heavy atom. The van der Waals surface area contributed by atoms with Crippen LogP contribution in [0.15, 0.2) is 76.6 Å². The number of thioether (sulfide) groups is 1. The number of nitrogens with zero attached hydrogens (tertiary/aromatic N) is 1. The second-order valence-electron chi connectivity index (χ2n) is 10.3. The number of nitrogens with one attached hydrogen (secondary N) is 2. The number of carbonyl (C=O) groups excluding carboxylic acids is 3. The van der Waals surface area contributed by atoms with Gasteiger partial charge in [0.15, 0.2) is 18.1 Å². The number of aromatic amines is 1. The monoisotopic (exact) mass is 671 g/mol. The van der Waals surface area contributed by atoms with Crippen LogP contribution in [0.25, 0.3) is 0 Å². The largest absolute Gasteiger partial charge is 0.508 e. The molecule has 238 valence electrons. The van der Waals surface area contributed by atoms with Gasteiger partial charge in [-0.3, -0.25) is 19.2 Å². The Hall–Kier alpha value is -4.76. The maximum Gasteiger partial charge on any atom is 0.416 e. The number of anilines is 2. The van der Waals surface area contributed by atoms with E-state index in [2.05, 4.69) is 10.3 Å². The third-order valence-electron chi connectivity index (χ3n) is 7.39. The molecule has 0 aliphatic carbocycles. The van der Waals surface area contributed by atoms with Crippen molar-refractivity contribution in [1.29, 1.82) is 0 Å². The molecule has 1 saturated heterocycles. The van der Waals surface area contributed by atoms with Crippen LogP contribution in [0.1, 0.15) is 28.8 Å². The smallest absolute Gasteiger partial charge is 0.416 e. The predicted octanol–water partition coefficient (Wildman–Crippen LogP) is 5.37. The molecule has 0 spiro atoms. The van der Waals surface area contributed by atoms with Crippen molar-refractivity contribution in [2.45, 2.75) is 29.3 Å². The molecule has 0 radical (unpaired) electrons. The first kappa shape index (κ1) is 31.2. The lowest BCUT2D eigenvalue weighted by Gasteiger charge is -2.30. The van der Waals surface area contributed by atoms with Crippen LogP contribution in [-0.4, -0.2) is 46.3 Å². The molecule has 1 aromatic heterocycles. The standard InChI is InChI=1S/C31H24F3N3O7S2/c1-2-43-21-12-15(6-11-20(21)44-14-22(39)35-17-7-9-19(38)10-8-17)23-24-26(45-27-25(23)46-30(42)36-27)29(41)37(28(24)40)18-5-3-4-16(13-18)31(32,33)34/h3-13,23-24,26,38H,2,14H2,1H3,(H,35,39)(H,36,42)/t23-,24?,26?/m1/s1. The zero-order valence-corrected chi connectivity index (χ0v) is 25.4. The number of fused-ring (bicyclic) bond motifs is 2. The number of carbonyl (C=O) groups is 3. The number of thiazole rings is 1. The Bertz CT molecular complexity index is 1890. The van der Waals surface area contributed by atoms with Gasteiger partial charge >= 0.3 is 11.0 Å². The van der Waals surface area contributed by atoms with Crippen molar-refractivity contribution >= 4 is 52.2 Å². The highest BCUT2D eigenvalue weighted by Crippen LogP contribution is 2.54. The van der Waals surface area contributed by atoms with Gasteiger partial charge in [0.25, 0.3) is 5.91 Å². The molecule has 1 fully saturated rings. The highest BCUT2D eigenvalue weighted by molar-refractivity contribution is 8.00. The van der Waals surface area contributed by atoms with Crippen molar-refractivity contribution < 1.29 is 42.1 Å². The number of hydrogen-bond acceptors (Lipinski definition) is 9. The Morgan fingerprint density at radius 3 is 2.48 bits per heavy atom. The van der Waals surface area contributed by atoms with Crippen LogP contribution < -0.4 is 24.6 Å². The maximum absolute atomic E-state index is 13.9. The fraction of sp³-hybridized carbons (Fsp3) is 0.226. The first-order valence-corrected chi connectivity index (χ1v) is 15.6. The Kier molecular flexibility index (Phi) is 8.29. The number of phenolic OH excluding ortho intramolecular Hbond substituents is 1. The minimum Gasteiger partial charge on any atom is -0.508 e. The molecule has 2 unspecified atom stereocenters. The normalized spacial score (nSPS) is 19.0. The molecular weight excluding hydrogens is 647 g/mol. The topological polar surface area (TPSA) is 138 Å². The van der Waals surface area contributed by atoms with Crippen molar-refractivity contribution in [3.05, 3.63) is 92.4 Å². The van der Waals surface area contributed by atoms with Crippen molar-refractivity contribution in [1.82, 2.24) is 4.98 Å². The zero-order chi connectivity index (χ0) is 32.7. The summed E-state index contributed by atoms with van der Waals surface area (Å²) in [4.78, 5) is 56.1. The first-order chi connectivity index (χ1) is 21.9. The summed E-state index contributed by atoms with van der Waals surface area (Å²) in [5, 5.41) is 11.5. The van der Waals surface area contributed by atoms with E-state index >= 15 is 0 Å². The number of alkyl halides is 3. The SMILES string of the molecule is CCOc1cc([C@H]2c3sc(=O)[nH]c3SC3C(=O)N(c4cccc(C(F)(F)F)c4)C(=O)C32)ccc1OCC(=O)Nc1ccc(O)cc1. The minimum absolute atomic E-state index is 0.0460. The zero-order valence-electron chi connectivity index (χ0n) is 23.8. The molecule has 10 nitrogen and oxygen atoms in total. The van der Waals surface area contributed by atoms with Gasteiger partial charge in [-0.2, -0.15) is 13.2 Å². The third kappa shape index (κ3) is 5.95. The van der Waals surface area contributed by atoms with Crippen LogP contribution in [-0.2, 0) is 20.6 Å². The lowest BCUT2D eigenvalue weighted by atomic mass is 9.83. The van der Waals surface area contributed by atoms with Crippen LogP contribution in [0, 0.1) is 5.92 Å². The Morgan fingerprint density at radius 1 is 1.00 bits per heavy atom. The molecule has 0 saturated carbocycles. The molecule has 4 aromatic rings. The molecule has 3 aromatic carbocycles. The summed E-state index contributed by atoms with van der Waals surface area (Å²) in [7, 11) is 0. The number of imide groups is 1. The van der Waals surface area contributed by atoms with E-state index < -0.39 is 46.5 Å². The number of aromatic nitrogens is 1. The quantitative estimate of drug-likeness (QED) is 0.168. The second kappa shape index (κ2) is 12.2. The third-order valence-corrected chi connectivity index (χ3v) is 9.79. The molecule has 3 N–H and O–H groups in total. The van der Waals surface area contributed by atoms with Gasteiger partial charge in [-0.25, -0.2) is 4.90 Å². The molecule has 46 heavy (non-hydrogen) atoms. The molecule has 3 heterocycles. The van der Waals surface area contributed by atoms with Crippen molar-refractivity contribution in [2.75, 3.05) is 23.4 Å². The summed E-state index contributed by atoms with van der Waals surface area (Å²) in [6, 6.07) is 14.7. The highest BCUT2D eigenvalue weighted by Gasteiger charge is 2.56. The lowest BCUT2D eigenvalue weighted by molar-refractivity contribution is -0.137. The predicted molar refractivity (Wildman–Crippen MR) is 164 cm³/mol. The number of amides is 3. The van der Waals surface area contributed by atoms with E-state index in [0.29, 0.717) is 21.2 Å². The number of rotatable bonds is 8. The van der Waals surface area contributed by atoms with Gasteiger partial charge in [0.05, 0.1) is 28.8 Å². The van der Waals surface area contributed by atoms with E-state index in [0.717, 1.165) is 46.2 Å². The summed E-state index contributed by atoms with van der Waals surface area (Å²) >= 11 is 1.89. The molecule has 0 bridgehead atoms. The summed E-state index contributed by atoms with van der Waals surface area (Å²) in [6.07, 6.45) is -4.68. The number of ether oxygens (including phenoxy) is 2. The molecule has 15 heteroatoms. The Balaban J connectivity index is 1.32. The van der Waals surface area contributed by atoms with Gasteiger partial charge in [0.1, 0.15) is 11.0 Å². The van der Waals surface area contributed by atoms with Crippen LogP contribution in [0.2, 0.25) is 0 Å². The summed E-state index contributed by atoms with van der Waals surface area (Å²) in [5.41, 5.74) is -0.238. The fourth-order valence-electron chi connectivity index (χ4n) is 5.44. The van der Waals surface area contributed by atoms with Crippen LogP contribution in [0.3, 0.4) is 0 Å². The van der Waals surface area contributed by atoms with E-state index in [9.17, 15) is 37.5 Å². The van der Waals surface area contributed by atoms with Crippen LogP contribution in [0.4, 0.5) is 24.5 Å². The minimum atomic E-state index is -4.68. The van der Waals surface area contributed by atoms with Crippen LogP contribution >= 0.6 is 23.1 Å². The van der Waals surface area contributed by atoms with Crippen molar-refractivity contribution in [2.24, 2.45) is 5.92 Å². The van der Waals surface area contributed by atoms with E-state index in [1.807, 2.05) is 0 Å². The van der Waals surface area contributed by atoms with Crippen molar-refractivity contribution in [3.8, 4) is 17.2 Å². The van der Waals surface area contributed by atoms with Crippen LogP contribution in [0.5, 0.6) is 17.2 Å². The Labute approximate surface area is 267 Å². The summed E-state index contributed by atoms with van der Waals surface area (Å²) in [6.45, 7) is 1.58. The van der Waals surface area contributed by atoms with E-state index in [-0.39, 0.29) is 41.0 Å². The molecular formula is C31H24F3N3O7S2. The summed E-state index contributed by atoms with van der Waals surface area (Å²) < 4.78 is 51.9. The molecule has 3 atom stereocenters. The number of benzene rings is 3. The summed E-state index contributed by atoms with van der Waals surface area (Å²) in [5.74, 6) is -3.21.